The van der Waals surface area contributed by atoms with Crippen molar-refractivity contribution >= 4 is 33.5 Å². The van der Waals surface area contributed by atoms with Gasteiger partial charge in [-0.05, 0) is 6.07 Å². The normalized spacial score (nSPS) is 11.3. The molecule has 0 spiro atoms. The first-order valence-electron chi connectivity index (χ1n) is 3.75. The van der Waals surface area contributed by atoms with Gasteiger partial charge in [0, 0.05) is 6.20 Å². The zero-order valence-corrected chi connectivity index (χ0v) is 9.30. The number of rotatable bonds is 1. The van der Waals surface area contributed by atoms with Gasteiger partial charge in [-0.25, -0.2) is 13.2 Å². The highest BCUT2D eigenvalue weighted by Gasteiger charge is 2.14. The molecule has 0 aliphatic carbocycles. The highest BCUT2D eigenvalue weighted by atomic mass is 35.5. The van der Waals surface area contributed by atoms with Crippen LogP contribution < -0.4 is 5.69 Å². The quantitative estimate of drug-likeness (QED) is 0.768. The van der Waals surface area contributed by atoms with E-state index in [-0.39, 0.29) is 12.4 Å². The first-order chi connectivity index (χ1) is 6.50. The lowest BCUT2D eigenvalue weighted by atomic mass is 10.4. The lowest BCUT2D eigenvalue weighted by molar-refractivity contribution is 0.593. The second-order valence-electron chi connectivity index (χ2n) is 2.85. The van der Waals surface area contributed by atoms with Crippen LogP contribution in [-0.2, 0) is 10.0 Å². The third-order valence-corrected chi connectivity index (χ3v) is 2.80. The Morgan fingerprint density at radius 1 is 1.47 bits per heavy atom. The molecule has 0 saturated heterocycles. The van der Waals surface area contributed by atoms with Crippen molar-refractivity contribution in [2.45, 2.75) is 0 Å². The van der Waals surface area contributed by atoms with Gasteiger partial charge in [-0.3, -0.25) is 4.98 Å². The summed E-state index contributed by atoms with van der Waals surface area (Å²) in [5.41, 5.74) is 0.0472. The number of H-pyrrole nitrogens is 1. The maximum Gasteiger partial charge on any atom is 0.340 e. The van der Waals surface area contributed by atoms with Crippen molar-refractivity contribution in [3.63, 3.8) is 0 Å². The average molecular weight is 250 g/mol. The van der Waals surface area contributed by atoms with Crippen LogP contribution in [0.5, 0.6) is 0 Å². The zero-order chi connectivity index (χ0) is 10.3. The molecule has 2 aromatic rings. The highest BCUT2D eigenvalue weighted by molar-refractivity contribution is 7.89. The Morgan fingerprint density at radius 3 is 2.73 bits per heavy atom. The largest absolute Gasteiger partial charge is 0.340 e. The van der Waals surface area contributed by atoms with Crippen LogP contribution in [0.25, 0.3) is 11.0 Å². The summed E-state index contributed by atoms with van der Waals surface area (Å²) in [6.07, 6.45) is 3.80. The van der Waals surface area contributed by atoms with E-state index in [0.717, 1.165) is 6.26 Å². The molecule has 15 heavy (non-hydrogen) atoms. The van der Waals surface area contributed by atoms with Gasteiger partial charge in [-0.15, -0.1) is 12.4 Å². The van der Waals surface area contributed by atoms with Gasteiger partial charge in [0.05, 0.1) is 23.5 Å². The predicted molar refractivity (Wildman–Crippen MR) is 57.8 cm³/mol. The molecule has 0 amide bonds. The van der Waals surface area contributed by atoms with Crippen LogP contribution in [0.3, 0.4) is 0 Å². The fourth-order valence-corrected chi connectivity index (χ4v) is 2.13. The lowest BCUT2D eigenvalue weighted by Gasteiger charge is -1.97. The smallest absolute Gasteiger partial charge is 0.303 e. The Kier molecular flexibility index (Phi) is 2.87. The van der Waals surface area contributed by atoms with Gasteiger partial charge in [0.2, 0.25) is 10.0 Å². The standard InChI is InChI=1S/C7H7N3O3S.ClH/c1-14(12,13)10-6-2-3-8-4-5(6)9-7(10)11;/h2-4H,1H3,(H,9,11);1H. The molecule has 0 fully saturated rings. The van der Waals surface area contributed by atoms with Gasteiger partial charge in [0.15, 0.2) is 0 Å². The lowest BCUT2D eigenvalue weighted by Crippen LogP contribution is -2.23. The molecule has 0 aliphatic rings. The number of imidazole rings is 1. The summed E-state index contributed by atoms with van der Waals surface area (Å²) in [7, 11) is -3.57. The van der Waals surface area contributed by atoms with E-state index >= 15 is 0 Å². The van der Waals surface area contributed by atoms with E-state index in [1.807, 2.05) is 0 Å². The van der Waals surface area contributed by atoms with Gasteiger partial charge in [-0.1, -0.05) is 0 Å². The maximum atomic E-state index is 11.3. The minimum Gasteiger partial charge on any atom is -0.303 e. The molecule has 6 nitrogen and oxygen atoms in total. The maximum absolute atomic E-state index is 11.3. The van der Waals surface area contributed by atoms with Crippen molar-refractivity contribution in [2.24, 2.45) is 0 Å². The molecule has 1 N–H and O–H groups in total. The molecule has 8 heteroatoms. The molecule has 2 rings (SSSR count). The number of aromatic nitrogens is 3. The number of aromatic amines is 1. The van der Waals surface area contributed by atoms with Gasteiger partial charge in [0.1, 0.15) is 0 Å². The fourth-order valence-electron chi connectivity index (χ4n) is 1.27. The van der Waals surface area contributed by atoms with Gasteiger partial charge in [-0.2, -0.15) is 3.97 Å². The van der Waals surface area contributed by atoms with E-state index < -0.39 is 15.7 Å². The van der Waals surface area contributed by atoms with Crippen LogP contribution in [0, 0.1) is 0 Å². The molecule has 82 valence electrons. The molecule has 2 heterocycles. The number of nitrogens with zero attached hydrogens (tertiary/aromatic N) is 2. The number of pyridine rings is 1. The summed E-state index contributed by atoms with van der Waals surface area (Å²) in [4.78, 5) is 17.5. The topological polar surface area (TPSA) is 84.8 Å². The number of hydrogen-bond acceptors (Lipinski definition) is 4. The molecule has 0 unspecified atom stereocenters. The average Bonchev–Trinajstić information content (AvgIpc) is 2.38. The van der Waals surface area contributed by atoms with E-state index in [0.29, 0.717) is 15.0 Å². The number of hydrogen-bond donors (Lipinski definition) is 1. The minimum absolute atomic E-state index is 0. The van der Waals surface area contributed by atoms with Crippen molar-refractivity contribution in [1.82, 2.24) is 13.9 Å². The molecule has 2 aromatic heterocycles. The Bertz CT molecular complexity index is 643. The Labute approximate surface area is 91.4 Å². The van der Waals surface area contributed by atoms with Crippen LogP contribution in [0.2, 0.25) is 0 Å². The second-order valence-corrected chi connectivity index (χ2v) is 4.68. The Balaban J connectivity index is 0.00000112. The van der Waals surface area contributed by atoms with E-state index in [1.165, 1.54) is 18.5 Å². The third-order valence-electron chi connectivity index (χ3n) is 1.77. The van der Waals surface area contributed by atoms with E-state index in [9.17, 15) is 13.2 Å². The minimum atomic E-state index is -3.57. The highest BCUT2D eigenvalue weighted by Crippen LogP contribution is 2.08. The molecule has 0 bridgehead atoms. The monoisotopic (exact) mass is 249 g/mol. The SMILES string of the molecule is CS(=O)(=O)n1c(=O)[nH]c2cnccc21.Cl. The van der Waals surface area contributed by atoms with Gasteiger partial charge >= 0.3 is 5.69 Å². The van der Waals surface area contributed by atoms with E-state index in [2.05, 4.69) is 9.97 Å². The predicted octanol–water partition coefficient (Wildman–Crippen LogP) is -0.0459. The van der Waals surface area contributed by atoms with E-state index in [1.54, 1.807) is 0 Å². The van der Waals surface area contributed by atoms with Crippen LogP contribution in [-0.4, -0.2) is 28.6 Å². The fraction of sp³-hybridized carbons (Fsp3) is 0.143. The third kappa shape index (κ3) is 1.88. The number of nitrogens with one attached hydrogen (secondary N) is 1. The van der Waals surface area contributed by atoms with Gasteiger partial charge in [0.25, 0.3) is 0 Å². The van der Waals surface area contributed by atoms with Crippen LogP contribution in [0.4, 0.5) is 0 Å². The Morgan fingerprint density at radius 2 is 2.13 bits per heavy atom. The summed E-state index contributed by atoms with van der Waals surface area (Å²) >= 11 is 0. The zero-order valence-electron chi connectivity index (χ0n) is 7.67. The Hall–Kier alpha value is -1.34. The van der Waals surface area contributed by atoms with Gasteiger partial charge < -0.3 is 4.98 Å². The van der Waals surface area contributed by atoms with Crippen LogP contribution in [0.1, 0.15) is 0 Å². The summed E-state index contributed by atoms with van der Waals surface area (Å²) in [5, 5.41) is 0. The summed E-state index contributed by atoms with van der Waals surface area (Å²) in [6, 6.07) is 1.47. The molecule has 0 aliphatic heterocycles. The van der Waals surface area contributed by atoms with Crippen LogP contribution in [0.15, 0.2) is 23.3 Å². The molecule has 0 atom stereocenters. The second kappa shape index (κ2) is 3.67. The van der Waals surface area contributed by atoms with E-state index in [4.69, 9.17) is 0 Å². The summed E-state index contributed by atoms with van der Waals surface area (Å²) in [5.74, 6) is 0. The molecule has 0 radical (unpaired) electrons. The molecule has 0 saturated carbocycles. The first kappa shape index (κ1) is 11.7. The van der Waals surface area contributed by atoms with Crippen molar-refractivity contribution in [1.29, 1.82) is 0 Å². The first-order valence-corrected chi connectivity index (χ1v) is 5.60. The van der Waals surface area contributed by atoms with Crippen molar-refractivity contribution < 1.29 is 8.42 Å². The van der Waals surface area contributed by atoms with Crippen molar-refractivity contribution in [3.8, 4) is 0 Å². The summed E-state index contributed by atoms with van der Waals surface area (Å²) < 4.78 is 23.2. The number of fused-ring (bicyclic) bond motifs is 1. The molecular weight excluding hydrogens is 242 g/mol. The molecule has 0 aromatic carbocycles. The number of halogens is 1. The summed E-state index contributed by atoms with van der Waals surface area (Å²) in [6.45, 7) is 0. The van der Waals surface area contributed by atoms with Crippen molar-refractivity contribution in [2.75, 3.05) is 6.26 Å². The molecular formula is C7H8ClN3O3S. The van der Waals surface area contributed by atoms with Crippen molar-refractivity contribution in [3.05, 3.63) is 28.9 Å². The van der Waals surface area contributed by atoms with Crippen LogP contribution >= 0.6 is 12.4 Å².